The smallest absolute Gasteiger partial charge is 0.325 e. The first-order chi connectivity index (χ1) is 8.04. The van der Waals surface area contributed by atoms with Gasteiger partial charge in [0.15, 0.2) is 0 Å². The summed E-state index contributed by atoms with van der Waals surface area (Å²) in [6.07, 6.45) is 1.30. The molecule has 1 aromatic rings. The predicted octanol–water partition coefficient (Wildman–Crippen LogP) is 1.68. The van der Waals surface area contributed by atoms with E-state index in [1.807, 2.05) is 0 Å². The van der Waals surface area contributed by atoms with Crippen LogP contribution in [0, 0.1) is 0 Å². The number of hydrogen-bond donors (Lipinski definition) is 1. The summed E-state index contributed by atoms with van der Waals surface area (Å²) in [4.78, 5) is 26.4. The van der Waals surface area contributed by atoms with Gasteiger partial charge >= 0.3 is 5.97 Å². The molecule has 0 aromatic carbocycles. The van der Waals surface area contributed by atoms with Crippen molar-refractivity contribution in [3.63, 3.8) is 0 Å². The first kappa shape index (κ1) is 13.7. The zero-order valence-electron chi connectivity index (χ0n) is 9.00. The van der Waals surface area contributed by atoms with Gasteiger partial charge in [-0.25, -0.2) is 4.98 Å². The highest BCUT2D eigenvalue weighted by atomic mass is 35.5. The average Bonchev–Trinajstić information content (AvgIpc) is 2.26. The van der Waals surface area contributed by atoms with E-state index in [2.05, 4.69) is 15.0 Å². The van der Waals surface area contributed by atoms with E-state index in [4.69, 9.17) is 23.2 Å². The Bertz CT molecular complexity index is 438. The molecule has 1 aromatic heterocycles. The Hall–Kier alpha value is -1.33. The monoisotopic (exact) mass is 276 g/mol. The Labute approximate surface area is 108 Å². The zero-order chi connectivity index (χ0) is 12.8. The zero-order valence-corrected chi connectivity index (χ0v) is 10.5. The molecule has 0 aliphatic rings. The fourth-order valence-corrected chi connectivity index (χ4v) is 1.50. The molecule has 5 nitrogen and oxygen atoms in total. The van der Waals surface area contributed by atoms with E-state index in [-0.39, 0.29) is 23.9 Å². The topological polar surface area (TPSA) is 68.3 Å². The molecule has 92 valence electrons. The lowest BCUT2D eigenvalue weighted by Gasteiger charge is -2.05. The number of pyridine rings is 1. The average molecular weight is 277 g/mol. The van der Waals surface area contributed by atoms with Crippen LogP contribution in [0.4, 0.5) is 0 Å². The van der Waals surface area contributed by atoms with Crippen molar-refractivity contribution in [2.45, 2.75) is 6.92 Å². The van der Waals surface area contributed by atoms with E-state index in [9.17, 15) is 9.59 Å². The van der Waals surface area contributed by atoms with Gasteiger partial charge in [-0.15, -0.1) is 0 Å². The highest BCUT2D eigenvalue weighted by Crippen LogP contribution is 2.18. The number of carbonyl (C=O) groups excluding carboxylic acids is 2. The number of nitrogens with one attached hydrogen (secondary N) is 1. The van der Waals surface area contributed by atoms with Gasteiger partial charge < -0.3 is 10.1 Å². The third kappa shape index (κ3) is 4.20. The van der Waals surface area contributed by atoms with Gasteiger partial charge in [-0.1, -0.05) is 23.2 Å². The minimum Gasteiger partial charge on any atom is -0.465 e. The number of esters is 1. The molecular weight excluding hydrogens is 267 g/mol. The minimum absolute atomic E-state index is 0.0142. The fourth-order valence-electron chi connectivity index (χ4n) is 1.03. The molecule has 1 amide bonds. The Morgan fingerprint density at radius 3 is 2.76 bits per heavy atom. The second-order valence-electron chi connectivity index (χ2n) is 2.97. The fraction of sp³-hybridized carbons (Fsp3) is 0.300. The summed E-state index contributed by atoms with van der Waals surface area (Å²) in [6, 6.07) is 1.40. The van der Waals surface area contributed by atoms with Crippen LogP contribution < -0.4 is 5.32 Å². The third-order valence-electron chi connectivity index (χ3n) is 1.72. The van der Waals surface area contributed by atoms with Crippen LogP contribution in [-0.4, -0.2) is 30.0 Å². The summed E-state index contributed by atoms with van der Waals surface area (Å²) < 4.78 is 4.65. The van der Waals surface area contributed by atoms with Crippen molar-refractivity contribution in [1.29, 1.82) is 0 Å². The van der Waals surface area contributed by atoms with Crippen molar-refractivity contribution < 1.29 is 14.3 Å². The van der Waals surface area contributed by atoms with E-state index >= 15 is 0 Å². The Kier molecular flexibility index (Phi) is 5.18. The molecule has 0 spiro atoms. The molecule has 0 saturated heterocycles. The molecule has 1 rings (SSSR count). The summed E-state index contributed by atoms with van der Waals surface area (Å²) in [6.45, 7) is 1.71. The molecule has 0 aliphatic heterocycles. The number of ether oxygens (including phenoxy) is 1. The third-order valence-corrected chi connectivity index (χ3v) is 2.22. The standard InChI is InChI=1S/C10H10Cl2N2O3/c1-2-17-8(15)5-14-10(16)9-7(12)3-6(11)4-13-9/h3-4H,2,5H2,1H3,(H,14,16). The van der Waals surface area contributed by atoms with Crippen LogP contribution in [0.25, 0.3) is 0 Å². The van der Waals surface area contributed by atoms with Crippen molar-refractivity contribution in [1.82, 2.24) is 10.3 Å². The van der Waals surface area contributed by atoms with Crippen molar-refractivity contribution in [2.24, 2.45) is 0 Å². The Morgan fingerprint density at radius 1 is 1.47 bits per heavy atom. The molecule has 1 N–H and O–H groups in total. The number of carbonyl (C=O) groups is 2. The molecular formula is C10H10Cl2N2O3. The van der Waals surface area contributed by atoms with Gasteiger partial charge in [0.1, 0.15) is 12.2 Å². The van der Waals surface area contributed by atoms with Crippen LogP contribution >= 0.6 is 23.2 Å². The summed E-state index contributed by atoms with van der Waals surface area (Å²) in [5.74, 6) is -1.08. The first-order valence-corrected chi connectivity index (χ1v) is 5.55. The summed E-state index contributed by atoms with van der Waals surface area (Å²) in [5, 5.41) is 2.79. The first-order valence-electron chi connectivity index (χ1n) is 4.79. The van der Waals surface area contributed by atoms with Gasteiger partial charge in [0.2, 0.25) is 0 Å². The maximum absolute atomic E-state index is 11.6. The van der Waals surface area contributed by atoms with Crippen LogP contribution in [0.5, 0.6) is 0 Å². The maximum atomic E-state index is 11.6. The second kappa shape index (κ2) is 6.42. The highest BCUT2D eigenvalue weighted by molar-refractivity contribution is 6.36. The molecule has 0 aliphatic carbocycles. The van der Waals surface area contributed by atoms with Crippen LogP contribution in [-0.2, 0) is 9.53 Å². The number of hydrogen-bond acceptors (Lipinski definition) is 4. The molecule has 0 bridgehead atoms. The quantitative estimate of drug-likeness (QED) is 0.850. The van der Waals surface area contributed by atoms with E-state index in [0.29, 0.717) is 5.02 Å². The molecule has 1 heterocycles. The van der Waals surface area contributed by atoms with E-state index in [1.165, 1.54) is 12.3 Å². The van der Waals surface area contributed by atoms with E-state index in [0.717, 1.165) is 0 Å². The number of halogens is 2. The molecule has 7 heteroatoms. The van der Waals surface area contributed by atoms with Gasteiger partial charge in [-0.2, -0.15) is 0 Å². The van der Waals surface area contributed by atoms with Crippen molar-refractivity contribution in [2.75, 3.05) is 13.2 Å². The largest absolute Gasteiger partial charge is 0.465 e. The van der Waals surface area contributed by atoms with Gasteiger partial charge in [-0.05, 0) is 13.0 Å². The number of amides is 1. The number of rotatable bonds is 4. The highest BCUT2D eigenvalue weighted by Gasteiger charge is 2.13. The van der Waals surface area contributed by atoms with Crippen LogP contribution in [0.1, 0.15) is 17.4 Å². The van der Waals surface area contributed by atoms with Crippen LogP contribution in [0.3, 0.4) is 0 Å². The summed E-state index contributed by atoms with van der Waals surface area (Å²) in [7, 11) is 0. The summed E-state index contributed by atoms with van der Waals surface area (Å²) >= 11 is 11.4. The molecule has 0 fully saturated rings. The van der Waals surface area contributed by atoms with Crippen LogP contribution in [0.15, 0.2) is 12.3 Å². The molecule has 0 saturated carbocycles. The Morgan fingerprint density at radius 2 is 2.18 bits per heavy atom. The lowest BCUT2D eigenvalue weighted by atomic mass is 10.3. The van der Waals surface area contributed by atoms with Gasteiger partial charge in [0.05, 0.1) is 16.7 Å². The molecule has 0 unspecified atom stereocenters. The molecule has 0 atom stereocenters. The summed E-state index contributed by atoms with van der Waals surface area (Å²) in [5.41, 5.74) is 0.0142. The van der Waals surface area contributed by atoms with Gasteiger partial charge in [-0.3, -0.25) is 9.59 Å². The molecule has 17 heavy (non-hydrogen) atoms. The van der Waals surface area contributed by atoms with Crippen LogP contribution in [0.2, 0.25) is 10.0 Å². The Balaban J connectivity index is 2.61. The number of aromatic nitrogens is 1. The van der Waals surface area contributed by atoms with Crippen molar-refractivity contribution in [3.8, 4) is 0 Å². The second-order valence-corrected chi connectivity index (χ2v) is 3.82. The lowest BCUT2D eigenvalue weighted by Crippen LogP contribution is -2.31. The van der Waals surface area contributed by atoms with E-state index in [1.54, 1.807) is 6.92 Å². The van der Waals surface area contributed by atoms with E-state index < -0.39 is 11.9 Å². The normalized spacial score (nSPS) is 9.82. The maximum Gasteiger partial charge on any atom is 0.325 e. The van der Waals surface area contributed by atoms with Crippen molar-refractivity contribution >= 4 is 35.1 Å². The molecule has 0 radical (unpaired) electrons. The van der Waals surface area contributed by atoms with Gasteiger partial charge in [0.25, 0.3) is 5.91 Å². The minimum atomic E-state index is -0.556. The SMILES string of the molecule is CCOC(=O)CNC(=O)c1ncc(Cl)cc1Cl. The van der Waals surface area contributed by atoms with Gasteiger partial charge in [0, 0.05) is 6.20 Å². The predicted molar refractivity (Wildman–Crippen MR) is 63.2 cm³/mol. The number of nitrogens with zero attached hydrogens (tertiary/aromatic N) is 1. The lowest BCUT2D eigenvalue weighted by molar-refractivity contribution is -0.141. The van der Waals surface area contributed by atoms with Crippen molar-refractivity contribution in [3.05, 3.63) is 28.0 Å².